The molecule has 2 heterocycles. The molecule has 3 rings (SSSR count). The lowest BCUT2D eigenvalue weighted by atomic mass is 10.0. The Hall–Kier alpha value is -3.42. The third kappa shape index (κ3) is 4.74. The number of H-pyrrole nitrogens is 1. The lowest BCUT2D eigenvalue weighted by Crippen LogP contribution is -2.36. The number of hydrogen-bond acceptors (Lipinski definition) is 5. The van der Waals surface area contributed by atoms with E-state index in [0.29, 0.717) is 25.3 Å². The van der Waals surface area contributed by atoms with Crippen molar-refractivity contribution in [2.75, 3.05) is 24.5 Å². The van der Waals surface area contributed by atoms with Gasteiger partial charge in [0, 0.05) is 37.6 Å². The summed E-state index contributed by atoms with van der Waals surface area (Å²) in [5, 5.41) is 3.08. The van der Waals surface area contributed by atoms with Gasteiger partial charge in [-0.25, -0.2) is 9.78 Å². The Labute approximate surface area is 187 Å². The van der Waals surface area contributed by atoms with Crippen LogP contribution in [0, 0.1) is 6.92 Å². The van der Waals surface area contributed by atoms with Crippen molar-refractivity contribution in [2.24, 2.45) is 0 Å². The van der Waals surface area contributed by atoms with E-state index in [-0.39, 0.29) is 28.4 Å². The molecule has 1 aromatic carbocycles. The number of anilines is 1. The Morgan fingerprint density at radius 2 is 1.97 bits per heavy atom. The van der Waals surface area contributed by atoms with E-state index in [4.69, 9.17) is 0 Å². The molecular weight excluding hydrogens is 406 g/mol. The number of amides is 1. The minimum absolute atomic E-state index is 0.0301. The van der Waals surface area contributed by atoms with Crippen LogP contribution in [0.15, 0.2) is 39.9 Å². The molecule has 0 spiro atoms. The molecule has 0 bridgehead atoms. The highest BCUT2D eigenvalue weighted by Gasteiger charge is 2.20. The van der Waals surface area contributed by atoms with Gasteiger partial charge in [-0.15, -0.1) is 0 Å². The summed E-state index contributed by atoms with van der Waals surface area (Å²) in [4.78, 5) is 47.0. The van der Waals surface area contributed by atoms with Gasteiger partial charge in [-0.1, -0.05) is 26.0 Å². The lowest BCUT2D eigenvalue weighted by Gasteiger charge is -2.23. The van der Waals surface area contributed by atoms with Gasteiger partial charge in [0.1, 0.15) is 0 Å². The first-order valence-corrected chi connectivity index (χ1v) is 11.0. The topological polar surface area (TPSA) is 100 Å². The second kappa shape index (κ2) is 9.80. The predicted octanol–water partition coefficient (Wildman–Crippen LogP) is 2.79. The van der Waals surface area contributed by atoms with Gasteiger partial charge in [-0.3, -0.25) is 19.1 Å². The van der Waals surface area contributed by atoms with E-state index in [1.54, 1.807) is 13.0 Å². The number of benzene rings is 1. The Bertz CT molecular complexity index is 1240. The molecule has 0 saturated heterocycles. The van der Waals surface area contributed by atoms with E-state index in [1.807, 2.05) is 39.0 Å². The minimum atomic E-state index is -0.599. The van der Waals surface area contributed by atoms with E-state index in [2.05, 4.69) is 33.2 Å². The van der Waals surface area contributed by atoms with E-state index in [0.717, 1.165) is 12.2 Å². The van der Waals surface area contributed by atoms with Gasteiger partial charge in [0.05, 0.1) is 10.9 Å². The average Bonchev–Trinajstić information content (AvgIpc) is 2.75. The maximum absolute atomic E-state index is 13.1. The molecule has 0 radical (unpaired) electrons. The molecular formula is C24H31N5O3. The summed E-state index contributed by atoms with van der Waals surface area (Å²) in [6.45, 7) is 12.0. The molecule has 0 fully saturated rings. The highest BCUT2D eigenvalue weighted by Crippen LogP contribution is 2.20. The number of nitrogens with zero attached hydrogens (tertiary/aromatic N) is 3. The van der Waals surface area contributed by atoms with Gasteiger partial charge < -0.3 is 10.2 Å². The van der Waals surface area contributed by atoms with Crippen LogP contribution >= 0.6 is 0 Å². The van der Waals surface area contributed by atoms with Crippen molar-refractivity contribution in [3.05, 3.63) is 68.0 Å². The molecule has 32 heavy (non-hydrogen) atoms. The maximum Gasteiger partial charge on any atom is 0.329 e. The SMILES string of the molecule is CCN(CCNC(=O)c1cc(C(C)C)nc2c1c(=O)[nH]c(=O)n2CC)c1cccc(C)c1. The molecule has 170 valence electrons. The predicted molar refractivity (Wildman–Crippen MR) is 128 cm³/mol. The van der Waals surface area contributed by atoms with Crippen molar-refractivity contribution >= 4 is 22.6 Å². The molecule has 2 aromatic heterocycles. The van der Waals surface area contributed by atoms with Crippen molar-refractivity contribution in [3.63, 3.8) is 0 Å². The van der Waals surface area contributed by atoms with Crippen LogP contribution in [0.3, 0.4) is 0 Å². The fourth-order valence-electron chi connectivity index (χ4n) is 3.76. The first-order valence-electron chi connectivity index (χ1n) is 11.0. The zero-order chi connectivity index (χ0) is 23.4. The first kappa shape index (κ1) is 23.2. The third-order valence-corrected chi connectivity index (χ3v) is 5.54. The standard InChI is InChI=1S/C24H31N5O3/c1-6-28(17-10-8-9-16(5)13-17)12-11-25-22(30)18-14-19(15(3)4)26-21-20(18)23(31)27-24(32)29(21)7-2/h8-10,13-15H,6-7,11-12H2,1-5H3,(H,25,30)(H,27,31,32). The Kier molecular flexibility index (Phi) is 7.12. The summed E-state index contributed by atoms with van der Waals surface area (Å²) in [5.74, 6) is -0.325. The molecule has 1 amide bonds. The fourth-order valence-corrected chi connectivity index (χ4v) is 3.76. The molecule has 0 aliphatic carbocycles. The van der Waals surface area contributed by atoms with Gasteiger partial charge in [0.25, 0.3) is 11.5 Å². The van der Waals surface area contributed by atoms with Crippen LogP contribution in [-0.4, -0.2) is 40.1 Å². The zero-order valence-electron chi connectivity index (χ0n) is 19.4. The van der Waals surface area contributed by atoms with E-state index in [1.165, 1.54) is 10.1 Å². The summed E-state index contributed by atoms with van der Waals surface area (Å²) in [5.41, 5.74) is 2.29. The lowest BCUT2D eigenvalue weighted by molar-refractivity contribution is 0.0956. The molecule has 8 heteroatoms. The van der Waals surface area contributed by atoms with Crippen LogP contribution in [0.25, 0.3) is 11.0 Å². The summed E-state index contributed by atoms with van der Waals surface area (Å²) >= 11 is 0. The van der Waals surface area contributed by atoms with Gasteiger partial charge >= 0.3 is 5.69 Å². The minimum Gasteiger partial charge on any atom is -0.370 e. The number of aromatic nitrogens is 3. The maximum atomic E-state index is 13.1. The molecule has 8 nitrogen and oxygen atoms in total. The van der Waals surface area contributed by atoms with Crippen molar-refractivity contribution < 1.29 is 4.79 Å². The number of carbonyl (C=O) groups is 1. The number of fused-ring (bicyclic) bond motifs is 1. The van der Waals surface area contributed by atoms with Crippen molar-refractivity contribution in [1.82, 2.24) is 19.9 Å². The van der Waals surface area contributed by atoms with Crippen molar-refractivity contribution in [1.29, 1.82) is 0 Å². The summed E-state index contributed by atoms with van der Waals surface area (Å²) in [6.07, 6.45) is 0. The van der Waals surface area contributed by atoms with Crippen LogP contribution in [0.5, 0.6) is 0 Å². The van der Waals surface area contributed by atoms with Gasteiger partial charge in [-0.05, 0) is 50.5 Å². The molecule has 0 saturated carbocycles. The van der Waals surface area contributed by atoms with Crippen molar-refractivity contribution in [2.45, 2.75) is 47.1 Å². The number of aryl methyl sites for hydroxylation is 2. The molecule has 3 aromatic rings. The number of pyridine rings is 1. The molecule has 0 aliphatic rings. The molecule has 0 unspecified atom stereocenters. The van der Waals surface area contributed by atoms with Gasteiger partial charge in [0.15, 0.2) is 5.65 Å². The van der Waals surface area contributed by atoms with E-state index < -0.39 is 11.2 Å². The van der Waals surface area contributed by atoms with Crippen LogP contribution in [0.2, 0.25) is 0 Å². The number of aromatic amines is 1. The van der Waals surface area contributed by atoms with Crippen LogP contribution in [-0.2, 0) is 6.54 Å². The molecule has 0 atom stereocenters. The Morgan fingerprint density at radius 1 is 1.22 bits per heavy atom. The quantitative estimate of drug-likeness (QED) is 0.564. The Balaban J connectivity index is 1.92. The van der Waals surface area contributed by atoms with Crippen LogP contribution < -0.4 is 21.5 Å². The smallest absolute Gasteiger partial charge is 0.329 e. The zero-order valence-corrected chi connectivity index (χ0v) is 19.4. The summed E-state index contributed by atoms with van der Waals surface area (Å²) in [6, 6.07) is 9.88. The molecule has 2 N–H and O–H groups in total. The number of hydrogen-bond donors (Lipinski definition) is 2. The summed E-state index contributed by atoms with van der Waals surface area (Å²) < 4.78 is 1.38. The highest BCUT2D eigenvalue weighted by atomic mass is 16.2. The third-order valence-electron chi connectivity index (χ3n) is 5.54. The average molecular weight is 438 g/mol. The normalized spacial score (nSPS) is 11.2. The van der Waals surface area contributed by atoms with Crippen LogP contribution in [0.1, 0.15) is 55.2 Å². The number of carbonyl (C=O) groups excluding carboxylic acids is 1. The summed E-state index contributed by atoms with van der Waals surface area (Å²) in [7, 11) is 0. The number of likely N-dealkylation sites (N-methyl/N-ethyl adjacent to an activating group) is 1. The molecule has 0 aliphatic heterocycles. The highest BCUT2D eigenvalue weighted by molar-refractivity contribution is 6.05. The monoisotopic (exact) mass is 437 g/mol. The van der Waals surface area contributed by atoms with Crippen LogP contribution in [0.4, 0.5) is 5.69 Å². The number of nitrogens with one attached hydrogen (secondary N) is 2. The fraction of sp³-hybridized carbons (Fsp3) is 0.417. The van der Waals surface area contributed by atoms with E-state index >= 15 is 0 Å². The first-order chi connectivity index (χ1) is 15.3. The second-order valence-electron chi connectivity index (χ2n) is 8.13. The Morgan fingerprint density at radius 3 is 2.59 bits per heavy atom. The second-order valence-corrected chi connectivity index (χ2v) is 8.13. The van der Waals surface area contributed by atoms with Crippen molar-refractivity contribution in [3.8, 4) is 0 Å². The largest absolute Gasteiger partial charge is 0.370 e. The van der Waals surface area contributed by atoms with E-state index in [9.17, 15) is 14.4 Å². The van der Waals surface area contributed by atoms with Gasteiger partial charge in [-0.2, -0.15) is 0 Å². The number of rotatable bonds is 8. The van der Waals surface area contributed by atoms with Gasteiger partial charge in [0.2, 0.25) is 0 Å².